The fraction of sp³-hybridized carbons (Fsp3) is 0.455. The van der Waals surface area contributed by atoms with E-state index in [0.29, 0.717) is 13.2 Å². The van der Waals surface area contributed by atoms with E-state index < -0.39 is 5.60 Å². The van der Waals surface area contributed by atoms with Gasteiger partial charge in [-0.25, -0.2) is 0 Å². The predicted molar refractivity (Wildman–Crippen MR) is 58.1 cm³/mol. The monoisotopic (exact) mass is 256 g/mol. The molecule has 1 heterocycles. The number of benzene rings is 1. The fourth-order valence-corrected chi connectivity index (χ4v) is 2.45. The Morgan fingerprint density at radius 1 is 1.50 bits per heavy atom. The summed E-state index contributed by atoms with van der Waals surface area (Å²) in [5.41, 5.74) is 2.40. The second-order valence-electron chi connectivity index (χ2n) is 4.02. The summed E-state index contributed by atoms with van der Waals surface area (Å²) < 4.78 is 6.38. The summed E-state index contributed by atoms with van der Waals surface area (Å²) >= 11 is 3.44. The third kappa shape index (κ3) is 1.60. The summed E-state index contributed by atoms with van der Waals surface area (Å²) in [6, 6.07) is 4.02. The summed E-state index contributed by atoms with van der Waals surface area (Å²) in [4.78, 5) is 0. The van der Waals surface area contributed by atoms with Crippen LogP contribution in [0.4, 0.5) is 0 Å². The minimum absolute atomic E-state index is 0.371. The highest BCUT2D eigenvalue weighted by molar-refractivity contribution is 9.10. The molecule has 1 aliphatic rings. The lowest BCUT2D eigenvalue weighted by Gasteiger charge is -2.32. The standard InChI is InChI=1S/C11H13BrO2/c1-7-3-8(12)4-10-9(7)5-14-6-11(10,2)13/h3-4,13H,5-6H2,1-2H3. The smallest absolute Gasteiger partial charge is 0.110 e. The minimum atomic E-state index is -0.859. The Kier molecular flexibility index (Phi) is 2.41. The van der Waals surface area contributed by atoms with E-state index in [1.165, 1.54) is 0 Å². The molecule has 1 aromatic rings. The van der Waals surface area contributed by atoms with Crippen LogP contribution in [0.1, 0.15) is 23.6 Å². The van der Waals surface area contributed by atoms with Crippen LogP contribution in [0.3, 0.4) is 0 Å². The molecule has 1 aliphatic heterocycles. The molecule has 0 amide bonds. The maximum absolute atomic E-state index is 10.1. The minimum Gasteiger partial charge on any atom is -0.383 e. The van der Waals surface area contributed by atoms with Gasteiger partial charge in [0.05, 0.1) is 13.2 Å². The first-order valence-electron chi connectivity index (χ1n) is 4.60. The lowest BCUT2D eigenvalue weighted by molar-refractivity contribution is -0.0605. The van der Waals surface area contributed by atoms with Crippen molar-refractivity contribution in [3.63, 3.8) is 0 Å². The molecule has 0 radical (unpaired) electrons. The van der Waals surface area contributed by atoms with Crippen molar-refractivity contribution in [3.8, 4) is 0 Å². The number of halogens is 1. The third-order valence-electron chi connectivity index (χ3n) is 2.65. The summed E-state index contributed by atoms with van der Waals surface area (Å²) in [7, 11) is 0. The zero-order valence-corrected chi connectivity index (χ0v) is 9.89. The molecule has 2 rings (SSSR count). The van der Waals surface area contributed by atoms with E-state index in [9.17, 15) is 5.11 Å². The molecule has 0 spiro atoms. The van der Waals surface area contributed by atoms with E-state index in [0.717, 1.165) is 21.2 Å². The number of hydrogen-bond donors (Lipinski definition) is 1. The molecule has 76 valence electrons. The first-order chi connectivity index (χ1) is 6.50. The van der Waals surface area contributed by atoms with Gasteiger partial charge in [0.2, 0.25) is 0 Å². The Bertz CT molecular complexity index is 372. The lowest BCUT2D eigenvalue weighted by Crippen LogP contribution is -2.33. The second kappa shape index (κ2) is 3.33. The Morgan fingerprint density at radius 2 is 2.21 bits per heavy atom. The van der Waals surface area contributed by atoms with Crippen molar-refractivity contribution >= 4 is 15.9 Å². The van der Waals surface area contributed by atoms with Crippen LogP contribution in [-0.4, -0.2) is 11.7 Å². The largest absolute Gasteiger partial charge is 0.383 e. The van der Waals surface area contributed by atoms with Gasteiger partial charge < -0.3 is 9.84 Å². The summed E-state index contributed by atoms with van der Waals surface area (Å²) in [5.74, 6) is 0. The topological polar surface area (TPSA) is 29.5 Å². The number of aliphatic hydroxyl groups is 1. The molecule has 1 unspecified atom stereocenters. The molecule has 0 saturated heterocycles. The zero-order chi connectivity index (χ0) is 10.3. The van der Waals surface area contributed by atoms with Gasteiger partial charge in [-0.2, -0.15) is 0 Å². The highest BCUT2D eigenvalue weighted by atomic mass is 79.9. The van der Waals surface area contributed by atoms with Gasteiger partial charge in [-0.15, -0.1) is 0 Å². The molecule has 1 aromatic carbocycles. The number of rotatable bonds is 0. The third-order valence-corrected chi connectivity index (χ3v) is 3.11. The second-order valence-corrected chi connectivity index (χ2v) is 4.93. The number of hydrogen-bond acceptors (Lipinski definition) is 2. The molecule has 3 heteroatoms. The molecule has 1 N–H and O–H groups in total. The Morgan fingerprint density at radius 3 is 2.93 bits per heavy atom. The van der Waals surface area contributed by atoms with Gasteiger partial charge in [0.25, 0.3) is 0 Å². The van der Waals surface area contributed by atoms with Gasteiger partial charge in [0, 0.05) is 4.47 Å². The lowest BCUT2D eigenvalue weighted by atomic mass is 9.88. The Balaban J connectivity index is 2.63. The summed E-state index contributed by atoms with van der Waals surface area (Å²) in [5, 5.41) is 10.1. The van der Waals surface area contributed by atoms with E-state index >= 15 is 0 Å². The van der Waals surface area contributed by atoms with Crippen LogP contribution < -0.4 is 0 Å². The van der Waals surface area contributed by atoms with Gasteiger partial charge in [-0.3, -0.25) is 0 Å². The van der Waals surface area contributed by atoms with Crippen molar-refractivity contribution in [2.75, 3.05) is 6.61 Å². The molecule has 0 aliphatic carbocycles. The highest BCUT2D eigenvalue weighted by Crippen LogP contribution is 2.34. The summed E-state index contributed by atoms with van der Waals surface area (Å²) in [6.45, 7) is 4.80. The van der Waals surface area contributed by atoms with Gasteiger partial charge in [0.15, 0.2) is 0 Å². The summed E-state index contributed by atoms with van der Waals surface area (Å²) in [6.07, 6.45) is 0. The molecular formula is C11H13BrO2. The van der Waals surface area contributed by atoms with E-state index in [-0.39, 0.29) is 0 Å². The van der Waals surface area contributed by atoms with Crippen molar-refractivity contribution < 1.29 is 9.84 Å². The van der Waals surface area contributed by atoms with Crippen LogP contribution in [0.25, 0.3) is 0 Å². The fourth-order valence-electron chi connectivity index (χ4n) is 1.87. The number of aryl methyl sites for hydroxylation is 1. The molecule has 14 heavy (non-hydrogen) atoms. The van der Waals surface area contributed by atoms with Crippen LogP contribution >= 0.6 is 15.9 Å². The normalized spacial score (nSPS) is 26.0. The number of fused-ring (bicyclic) bond motifs is 1. The van der Waals surface area contributed by atoms with E-state index in [4.69, 9.17) is 4.74 Å². The van der Waals surface area contributed by atoms with Gasteiger partial charge in [-0.1, -0.05) is 15.9 Å². The predicted octanol–water partition coefficient (Wildman–Crippen LogP) is 2.50. The van der Waals surface area contributed by atoms with Gasteiger partial charge >= 0.3 is 0 Å². The van der Waals surface area contributed by atoms with E-state index in [1.54, 1.807) is 6.92 Å². The van der Waals surface area contributed by atoms with Crippen LogP contribution in [0.15, 0.2) is 16.6 Å². The average molecular weight is 257 g/mol. The maximum Gasteiger partial charge on any atom is 0.110 e. The Labute approximate surface area is 92.0 Å². The average Bonchev–Trinajstić information content (AvgIpc) is 2.06. The molecule has 1 atom stereocenters. The highest BCUT2D eigenvalue weighted by Gasteiger charge is 2.31. The molecule has 0 aromatic heterocycles. The molecular weight excluding hydrogens is 244 g/mol. The van der Waals surface area contributed by atoms with Crippen LogP contribution in [-0.2, 0) is 16.9 Å². The van der Waals surface area contributed by atoms with Crippen molar-refractivity contribution in [1.29, 1.82) is 0 Å². The van der Waals surface area contributed by atoms with Crippen LogP contribution in [0.2, 0.25) is 0 Å². The zero-order valence-electron chi connectivity index (χ0n) is 8.30. The van der Waals surface area contributed by atoms with Crippen molar-refractivity contribution in [2.24, 2.45) is 0 Å². The quantitative estimate of drug-likeness (QED) is 0.773. The Hall–Kier alpha value is -0.380. The van der Waals surface area contributed by atoms with Crippen molar-refractivity contribution in [2.45, 2.75) is 26.1 Å². The van der Waals surface area contributed by atoms with Crippen molar-refractivity contribution in [1.82, 2.24) is 0 Å². The van der Waals surface area contributed by atoms with Gasteiger partial charge in [0.1, 0.15) is 5.60 Å². The van der Waals surface area contributed by atoms with Gasteiger partial charge in [-0.05, 0) is 42.7 Å². The molecule has 0 saturated carbocycles. The number of ether oxygens (including phenoxy) is 1. The first kappa shape index (κ1) is 10.1. The molecule has 0 fully saturated rings. The van der Waals surface area contributed by atoms with Crippen molar-refractivity contribution in [3.05, 3.63) is 33.3 Å². The maximum atomic E-state index is 10.1. The molecule has 0 bridgehead atoms. The van der Waals surface area contributed by atoms with Crippen LogP contribution in [0.5, 0.6) is 0 Å². The van der Waals surface area contributed by atoms with Crippen LogP contribution in [0, 0.1) is 6.92 Å². The van der Waals surface area contributed by atoms with E-state index in [1.807, 2.05) is 19.1 Å². The molecule has 2 nitrogen and oxygen atoms in total. The first-order valence-corrected chi connectivity index (χ1v) is 5.39. The van der Waals surface area contributed by atoms with E-state index in [2.05, 4.69) is 15.9 Å². The SMILES string of the molecule is Cc1cc(Br)cc2c1COCC2(C)O.